The van der Waals surface area contributed by atoms with Gasteiger partial charge in [0, 0.05) is 18.7 Å². The molecule has 2 aliphatic rings. The first kappa shape index (κ1) is 14.9. The molecule has 0 bridgehead atoms. The van der Waals surface area contributed by atoms with E-state index in [-0.39, 0.29) is 0 Å². The molecule has 0 atom stereocenters. The number of phenols is 1. The molecule has 2 heterocycles. The number of likely N-dealkylation sites (tertiary alicyclic amines) is 2. The van der Waals surface area contributed by atoms with Gasteiger partial charge in [0.1, 0.15) is 5.75 Å². The number of nitrogens with zero attached hydrogens (tertiary/aromatic N) is 2. The number of aromatic hydroxyl groups is 1. The van der Waals surface area contributed by atoms with Crippen molar-refractivity contribution < 1.29 is 5.11 Å². The molecule has 2 fully saturated rings. The fourth-order valence-corrected chi connectivity index (χ4v) is 3.60. The third-order valence-corrected chi connectivity index (χ3v) is 4.84. The van der Waals surface area contributed by atoms with Crippen molar-refractivity contribution in [3.63, 3.8) is 0 Å². The van der Waals surface area contributed by atoms with Gasteiger partial charge in [-0.05, 0) is 69.6 Å². The molecule has 0 aliphatic carbocycles. The number of hydrogen-bond donors (Lipinski definition) is 1. The summed E-state index contributed by atoms with van der Waals surface area (Å²) in [4.78, 5) is 5.02. The van der Waals surface area contributed by atoms with Gasteiger partial charge in [-0.15, -0.1) is 0 Å². The summed E-state index contributed by atoms with van der Waals surface area (Å²) < 4.78 is 0. The van der Waals surface area contributed by atoms with E-state index in [2.05, 4.69) is 21.9 Å². The summed E-state index contributed by atoms with van der Waals surface area (Å²) in [7, 11) is 0. The molecule has 3 rings (SSSR count). The summed E-state index contributed by atoms with van der Waals surface area (Å²) in [6.45, 7) is 6.74. The van der Waals surface area contributed by atoms with Gasteiger partial charge in [0.15, 0.2) is 0 Å². The zero-order valence-electron chi connectivity index (χ0n) is 13.1. The van der Waals surface area contributed by atoms with E-state index < -0.39 is 0 Å². The zero-order chi connectivity index (χ0) is 14.5. The molecule has 0 aromatic heterocycles. The summed E-state index contributed by atoms with van der Waals surface area (Å²) in [6, 6.07) is 6.20. The van der Waals surface area contributed by atoms with Gasteiger partial charge in [-0.1, -0.05) is 18.9 Å². The quantitative estimate of drug-likeness (QED) is 0.920. The number of rotatable bonds is 4. The minimum absolute atomic E-state index is 0.461. The molecule has 1 aromatic carbocycles. The van der Waals surface area contributed by atoms with Crippen LogP contribution >= 0.6 is 0 Å². The molecule has 3 heteroatoms. The molecule has 1 aromatic rings. The van der Waals surface area contributed by atoms with Gasteiger partial charge in [0.2, 0.25) is 0 Å². The molecule has 1 N–H and O–H groups in total. The Morgan fingerprint density at radius 3 is 1.95 bits per heavy atom. The maximum absolute atomic E-state index is 10.1. The van der Waals surface area contributed by atoms with E-state index in [1.54, 1.807) is 0 Å². The second-order valence-corrected chi connectivity index (χ2v) is 6.64. The fraction of sp³-hybridized carbons (Fsp3) is 0.667. The van der Waals surface area contributed by atoms with E-state index in [1.807, 2.05) is 6.07 Å². The molecular formula is C18H28N2O. The van der Waals surface area contributed by atoms with Crippen LogP contribution in [0, 0.1) is 0 Å². The second kappa shape index (κ2) is 7.28. The summed E-state index contributed by atoms with van der Waals surface area (Å²) in [5.74, 6) is 0.461. The first-order valence-electron chi connectivity index (χ1n) is 8.57. The summed E-state index contributed by atoms with van der Waals surface area (Å²) in [5.41, 5.74) is 2.45. The molecule has 0 amide bonds. The third-order valence-electron chi connectivity index (χ3n) is 4.84. The first-order valence-corrected chi connectivity index (χ1v) is 8.57. The van der Waals surface area contributed by atoms with Crippen molar-refractivity contribution in [3.05, 3.63) is 29.3 Å². The molecule has 116 valence electrons. The van der Waals surface area contributed by atoms with E-state index in [0.717, 1.165) is 18.7 Å². The number of piperidine rings is 2. The van der Waals surface area contributed by atoms with Gasteiger partial charge in [-0.3, -0.25) is 9.80 Å². The minimum Gasteiger partial charge on any atom is -0.508 e. The minimum atomic E-state index is 0.461. The first-order chi connectivity index (χ1) is 10.3. The summed E-state index contributed by atoms with van der Waals surface area (Å²) in [5, 5.41) is 10.1. The van der Waals surface area contributed by atoms with Crippen LogP contribution in [0.3, 0.4) is 0 Å². The highest BCUT2D eigenvalue weighted by Crippen LogP contribution is 2.23. The molecule has 21 heavy (non-hydrogen) atoms. The van der Waals surface area contributed by atoms with E-state index in [4.69, 9.17) is 0 Å². The highest BCUT2D eigenvalue weighted by Gasteiger charge is 2.14. The summed E-state index contributed by atoms with van der Waals surface area (Å²) >= 11 is 0. The highest BCUT2D eigenvalue weighted by atomic mass is 16.3. The summed E-state index contributed by atoms with van der Waals surface area (Å²) in [6.07, 6.45) is 8.00. The largest absolute Gasteiger partial charge is 0.508 e. The average Bonchev–Trinajstić information content (AvgIpc) is 2.53. The van der Waals surface area contributed by atoms with Crippen LogP contribution < -0.4 is 0 Å². The number of hydrogen-bond acceptors (Lipinski definition) is 3. The van der Waals surface area contributed by atoms with E-state index >= 15 is 0 Å². The Kier molecular flexibility index (Phi) is 5.15. The Balaban J connectivity index is 1.63. The van der Waals surface area contributed by atoms with Crippen molar-refractivity contribution in [1.82, 2.24) is 9.80 Å². The van der Waals surface area contributed by atoms with E-state index in [0.29, 0.717) is 5.75 Å². The molecule has 0 radical (unpaired) electrons. The van der Waals surface area contributed by atoms with Gasteiger partial charge >= 0.3 is 0 Å². The van der Waals surface area contributed by atoms with Gasteiger partial charge < -0.3 is 5.11 Å². The van der Waals surface area contributed by atoms with Gasteiger partial charge in [-0.2, -0.15) is 0 Å². The lowest BCUT2D eigenvalue weighted by Gasteiger charge is -2.28. The topological polar surface area (TPSA) is 26.7 Å². The third kappa shape index (κ3) is 4.21. The smallest absolute Gasteiger partial charge is 0.120 e. The van der Waals surface area contributed by atoms with Crippen molar-refractivity contribution in [2.75, 3.05) is 26.2 Å². The Hall–Kier alpha value is -1.06. The Morgan fingerprint density at radius 2 is 1.33 bits per heavy atom. The fourth-order valence-electron chi connectivity index (χ4n) is 3.60. The van der Waals surface area contributed by atoms with E-state index in [1.165, 1.54) is 70.3 Å². The van der Waals surface area contributed by atoms with Crippen molar-refractivity contribution in [2.45, 2.75) is 51.6 Å². The average molecular weight is 288 g/mol. The zero-order valence-corrected chi connectivity index (χ0v) is 13.1. The molecule has 3 nitrogen and oxygen atoms in total. The van der Waals surface area contributed by atoms with Crippen LogP contribution in [-0.2, 0) is 13.1 Å². The maximum atomic E-state index is 10.1. The normalized spacial score (nSPS) is 21.5. The molecule has 0 spiro atoms. The lowest BCUT2D eigenvalue weighted by atomic mass is 10.1. The monoisotopic (exact) mass is 288 g/mol. The number of phenolic OH excluding ortho intramolecular Hbond substituents is 1. The standard InChI is InChI=1S/C18H28N2O/c21-18-8-7-16(14-19-9-3-1-4-10-19)13-17(18)15-20-11-5-2-6-12-20/h7-8,13,21H,1-6,9-12,14-15H2. The Labute approximate surface area is 128 Å². The van der Waals surface area contributed by atoms with Gasteiger partial charge in [0.05, 0.1) is 0 Å². The van der Waals surface area contributed by atoms with Crippen LogP contribution in [0.15, 0.2) is 18.2 Å². The number of benzene rings is 1. The molecule has 0 saturated carbocycles. The lowest BCUT2D eigenvalue weighted by molar-refractivity contribution is 0.216. The van der Waals surface area contributed by atoms with Crippen molar-refractivity contribution in [1.29, 1.82) is 0 Å². The molecule has 2 aliphatic heterocycles. The second-order valence-electron chi connectivity index (χ2n) is 6.64. The lowest BCUT2D eigenvalue weighted by Crippen LogP contribution is -2.30. The highest BCUT2D eigenvalue weighted by molar-refractivity contribution is 5.36. The van der Waals surface area contributed by atoms with Crippen LogP contribution in [-0.4, -0.2) is 41.1 Å². The van der Waals surface area contributed by atoms with Crippen LogP contribution in [0.4, 0.5) is 0 Å². The van der Waals surface area contributed by atoms with Crippen LogP contribution in [0.1, 0.15) is 49.7 Å². The predicted molar refractivity (Wildman–Crippen MR) is 86.4 cm³/mol. The van der Waals surface area contributed by atoms with Crippen molar-refractivity contribution >= 4 is 0 Å². The Bertz CT molecular complexity index is 449. The van der Waals surface area contributed by atoms with Crippen molar-refractivity contribution in [3.8, 4) is 5.75 Å². The SMILES string of the molecule is Oc1ccc(CN2CCCCC2)cc1CN1CCCCC1. The van der Waals surface area contributed by atoms with Crippen LogP contribution in [0.25, 0.3) is 0 Å². The van der Waals surface area contributed by atoms with Gasteiger partial charge in [-0.25, -0.2) is 0 Å². The van der Waals surface area contributed by atoms with Crippen LogP contribution in [0.5, 0.6) is 5.75 Å². The predicted octanol–water partition coefficient (Wildman–Crippen LogP) is 3.36. The van der Waals surface area contributed by atoms with E-state index in [9.17, 15) is 5.11 Å². The molecule has 2 saturated heterocycles. The molecule has 0 unspecified atom stereocenters. The van der Waals surface area contributed by atoms with Crippen molar-refractivity contribution in [2.24, 2.45) is 0 Å². The maximum Gasteiger partial charge on any atom is 0.120 e. The molecular weight excluding hydrogens is 260 g/mol. The van der Waals surface area contributed by atoms with Crippen LogP contribution in [0.2, 0.25) is 0 Å². The Morgan fingerprint density at radius 1 is 0.762 bits per heavy atom. The van der Waals surface area contributed by atoms with Gasteiger partial charge in [0.25, 0.3) is 0 Å².